The molecule has 0 unspecified atom stereocenters. The lowest BCUT2D eigenvalue weighted by molar-refractivity contribution is -0.125. The van der Waals surface area contributed by atoms with Crippen molar-refractivity contribution >= 4 is 0 Å². The summed E-state index contributed by atoms with van der Waals surface area (Å²) in [6, 6.07) is 0. The maximum atomic E-state index is 11.0. The lowest BCUT2D eigenvalue weighted by Gasteiger charge is -2.50. The SMILES string of the molecule is CC(C)(C1CCCCC1)C1(O)CCCCC1. The molecule has 0 saturated heterocycles. The van der Waals surface area contributed by atoms with Crippen LogP contribution in [0.3, 0.4) is 0 Å². The summed E-state index contributed by atoms with van der Waals surface area (Å²) >= 11 is 0. The molecule has 0 bridgehead atoms. The van der Waals surface area contributed by atoms with Crippen LogP contribution in [0.25, 0.3) is 0 Å². The van der Waals surface area contributed by atoms with Gasteiger partial charge >= 0.3 is 0 Å². The van der Waals surface area contributed by atoms with E-state index in [1.807, 2.05) is 0 Å². The molecule has 1 heteroatoms. The van der Waals surface area contributed by atoms with Gasteiger partial charge < -0.3 is 5.11 Å². The van der Waals surface area contributed by atoms with E-state index in [1.165, 1.54) is 51.4 Å². The Balaban J connectivity index is 2.08. The van der Waals surface area contributed by atoms with Gasteiger partial charge in [0.1, 0.15) is 0 Å². The van der Waals surface area contributed by atoms with Gasteiger partial charge in [-0.3, -0.25) is 0 Å². The largest absolute Gasteiger partial charge is 0.389 e. The van der Waals surface area contributed by atoms with Crippen molar-refractivity contribution in [2.24, 2.45) is 11.3 Å². The summed E-state index contributed by atoms with van der Waals surface area (Å²) in [6.45, 7) is 4.66. The monoisotopic (exact) mass is 224 g/mol. The molecule has 1 nitrogen and oxygen atoms in total. The van der Waals surface area contributed by atoms with E-state index in [9.17, 15) is 5.11 Å². The van der Waals surface area contributed by atoms with Crippen LogP contribution in [0.2, 0.25) is 0 Å². The predicted molar refractivity (Wildman–Crippen MR) is 68.4 cm³/mol. The lowest BCUT2D eigenvalue weighted by atomic mass is 9.58. The molecule has 2 saturated carbocycles. The molecule has 2 aliphatic carbocycles. The number of aliphatic hydroxyl groups is 1. The normalized spacial score (nSPS) is 27.9. The van der Waals surface area contributed by atoms with Gasteiger partial charge in [-0.05, 0) is 37.0 Å². The number of hydrogen-bond donors (Lipinski definition) is 1. The molecule has 0 aromatic heterocycles. The third-order valence-corrected chi connectivity index (χ3v) is 5.51. The zero-order valence-corrected chi connectivity index (χ0v) is 11.1. The van der Waals surface area contributed by atoms with Crippen LogP contribution in [0.1, 0.15) is 78.1 Å². The summed E-state index contributed by atoms with van der Waals surface area (Å²) in [7, 11) is 0. The van der Waals surface area contributed by atoms with E-state index in [4.69, 9.17) is 0 Å². The fourth-order valence-electron chi connectivity index (χ4n) is 3.99. The first-order valence-corrected chi connectivity index (χ1v) is 7.29. The van der Waals surface area contributed by atoms with Crippen molar-refractivity contribution in [1.82, 2.24) is 0 Å². The number of rotatable bonds is 2. The first kappa shape index (κ1) is 12.4. The van der Waals surface area contributed by atoms with Crippen molar-refractivity contribution < 1.29 is 5.11 Å². The van der Waals surface area contributed by atoms with Gasteiger partial charge in [0.05, 0.1) is 5.60 Å². The fraction of sp³-hybridized carbons (Fsp3) is 1.00. The van der Waals surface area contributed by atoms with E-state index in [0.29, 0.717) is 0 Å². The molecule has 0 aromatic rings. The Morgan fingerprint density at radius 1 is 0.875 bits per heavy atom. The molecule has 2 rings (SSSR count). The zero-order valence-electron chi connectivity index (χ0n) is 11.1. The van der Waals surface area contributed by atoms with E-state index in [2.05, 4.69) is 13.8 Å². The second-order valence-electron chi connectivity index (χ2n) is 6.65. The molecule has 0 aliphatic heterocycles. The maximum Gasteiger partial charge on any atom is 0.0701 e. The minimum atomic E-state index is -0.368. The lowest BCUT2D eigenvalue weighted by Crippen LogP contribution is -2.50. The van der Waals surface area contributed by atoms with Crippen molar-refractivity contribution in [3.63, 3.8) is 0 Å². The van der Waals surface area contributed by atoms with Crippen LogP contribution in [0.15, 0.2) is 0 Å². The summed E-state index contributed by atoms with van der Waals surface area (Å²) in [5.41, 5.74) is -0.235. The standard InChI is InChI=1S/C15H28O/c1-14(2,13-9-5-3-6-10-13)15(16)11-7-4-8-12-15/h13,16H,3-12H2,1-2H3. The van der Waals surface area contributed by atoms with Crippen LogP contribution in [0.4, 0.5) is 0 Å². The second-order valence-corrected chi connectivity index (χ2v) is 6.65. The van der Waals surface area contributed by atoms with Crippen LogP contribution in [-0.4, -0.2) is 10.7 Å². The summed E-state index contributed by atoms with van der Waals surface area (Å²) in [5, 5.41) is 11.0. The molecular formula is C15H28O. The second kappa shape index (κ2) is 4.68. The number of hydrogen-bond acceptors (Lipinski definition) is 1. The van der Waals surface area contributed by atoms with Crippen LogP contribution >= 0.6 is 0 Å². The van der Waals surface area contributed by atoms with Crippen LogP contribution < -0.4 is 0 Å². The predicted octanol–water partition coefficient (Wildman–Crippen LogP) is 4.29. The van der Waals surface area contributed by atoms with Crippen molar-refractivity contribution in [1.29, 1.82) is 0 Å². The summed E-state index contributed by atoms with van der Waals surface area (Å²) in [6.07, 6.45) is 12.7. The van der Waals surface area contributed by atoms with E-state index in [0.717, 1.165) is 18.8 Å². The molecule has 1 N–H and O–H groups in total. The molecule has 0 aromatic carbocycles. The third-order valence-electron chi connectivity index (χ3n) is 5.51. The highest BCUT2D eigenvalue weighted by molar-refractivity contribution is 4.99. The van der Waals surface area contributed by atoms with Crippen molar-refractivity contribution in [3.8, 4) is 0 Å². The Morgan fingerprint density at radius 3 is 1.94 bits per heavy atom. The maximum absolute atomic E-state index is 11.0. The van der Waals surface area contributed by atoms with Crippen LogP contribution in [0, 0.1) is 11.3 Å². The zero-order chi connectivity index (χ0) is 11.6. The summed E-state index contributed by atoms with van der Waals surface area (Å²) in [4.78, 5) is 0. The molecular weight excluding hydrogens is 196 g/mol. The van der Waals surface area contributed by atoms with Gasteiger partial charge in [0.25, 0.3) is 0 Å². The van der Waals surface area contributed by atoms with E-state index >= 15 is 0 Å². The van der Waals surface area contributed by atoms with E-state index in [-0.39, 0.29) is 11.0 Å². The van der Waals surface area contributed by atoms with Gasteiger partial charge in [-0.2, -0.15) is 0 Å². The first-order valence-electron chi connectivity index (χ1n) is 7.29. The topological polar surface area (TPSA) is 20.2 Å². The minimum Gasteiger partial charge on any atom is -0.389 e. The molecule has 0 heterocycles. The van der Waals surface area contributed by atoms with Gasteiger partial charge in [0.15, 0.2) is 0 Å². The van der Waals surface area contributed by atoms with Crippen molar-refractivity contribution in [2.45, 2.75) is 83.7 Å². The van der Waals surface area contributed by atoms with Gasteiger partial charge in [-0.25, -0.2) is 0 Å². The van der Waals surface area contributed by atoms with Gasteiger partial charge in [-0.1, -0.05) is 52.4 Å². The fourth-order valence-corrected chi connectivity index (χ4v) is 3.99. The quantitative estimate of drug-likeness (QED) is 0.742. The Bertz CT molecular complexity index is 220. The summed E-state index contributed by atoms with van der Waals surface area (Å²) in [5.74, 6) is 0.754. The third kappa shape index (κ3) is 2.16. The van der Waals surface area contributed by atoms with E-state index < -0.39 is 0 Å². The highest BCUT2D eigenvalue weighted by atomic mass is 16.3. The molecule has 0 radical (unpaired) electrons. The first-order chi connectivity index (χ1) is 7.56. The highest BCUT2D eigenvalue weighted by Crippen LogP contribution is 2.50. The molecule has 0 spiro atoms. The molecule has 94 valence electrons. The Kier molecular flexibility index (Phi) is 3.63. The molecule has 2 aliphatic rings. The average Bonchev–Trinajstić information content (AvgIpc) is 2.31. The molecule has 16 heavy (non-hydrogen) atoms. The molecule has 0 atom stereocenters. The molecule has 0 amide bonds. The van der Waals surface area contributed by atoms with Crippen molar-refractivity contribution in [2.75, 3.05) is 0 Å². The highest BCUT2D eigenvalue weighted by Gasteiger charge is 2.48. The average molecular weight is 224 g/mol. The summed E-state index contributed by atoms with van der Waals surface area (Å²) < 4.78 is 0. The van der Waals surface area contributed by atoms with Crippen molar-refractivity contribution in [3.05, 3.63) is 0 Å². The van der Waals surface area contributed by atoms with Gasteiger partial charge in [-0.15, -0.1) is 0 Å². The Hall–Kier alpha value is -0.0400. The van der Waals surface area contributed by atoms with E-state index in [1.54, 1.807) is 0 Å². The van der Waals surface area contributed by atoms with Gasteiger partial charge in [0.2, 0.25) is 0 Å². The Morgan fingerprint density at radius 2 is 1.38 bits per heavy atom. The Labute approximate surface area is 101 Å². The molecule has 2 fully saturated rings. The van der Waals surface area contributed by atoms with Gasteiger partial charge in [0, 0.05) is 0 Å². The minimum absolute atomic E-state index is 0.133. The van der Waals surface area contributed by atoms with Crippen LogP contribution in [-0.2, 0) is 0 Å². The smallest absolute Gasteiger partial charge is 0.0701 e. The van der Waals surface area contributed by atoms with Crippen LogP contribution in [0.5, 0.6) is 0 Å².